The summed E-state index contributed by atoms with van der Waals surface area (Å²) >= 11 is 0. The number of aliphatic imine (C=N–C) groups is 2. The van der Waals surface area contributed by atoms with Gasteiger partial charge < -0.3 is 63.6 Å². The summed E-state index contributed by atoms with van der Waals surface area (Å²) in [6, 6.07) is 20.9. The Morgan fingerprint density at radius 2 is 1.09 bits per heavy atom. The fourth-order valence-corrected chi connectivity index (χ4v) is 10.9. The summed E-state index contributed by atoms with van der Waals surface area (Å²) in [5.41, 5.74) is 7.31. The summed E-state index contributed by atoms with van der Waals surface area (Å²) in [5.74, 6) is -1.82. The van der Waals surface area contributed by atoms with Crippen LogP contribution >= 0.6 is 0 Å². The molecule has 0 aliphatic carbocycles. The molecule has 0 aromatic heterocycles. The number of amides is 7. The Labute approximate surface area is 540 Å². The molecule has 5 aliphatic rings. The van der Waals surface area contributed by atoms with Crippen molar-refractivity contribution in [3.63, 3.8) is 0 Å². The molecule has 4 aromatic carbocycles. The van der Waals surface area contributed by atoms with Gasteiger partial charge in [0.2, 0.25) is 17.7 Å². The van der Waals surface area contributed by atoms with Gasteiger partial charge in [-0.3, -0.25) is 53.2 Å². The van der Waals surface area contributed by atoms with Gasteiger partial charge in [0.05, 0.1) is 121 Å². The Hall–Kier alpha value is -9.36. The van der Waals surface area contributed by atoms with E-state index in [4.69, 9.17) is 47.9 Å². The summed E-state index contributed by atoms with van der Waals surface area (Å²) in [5, 5.41) is 8.39. The SMILES string of the molecule is COc1cc2c(cc1OCCCOc1cc3c(cc1OC)C(=O)N1C=C(c4ccc(NC(=O)[C@H](C)CC(=O)C(NC(=O)CCOCCOCCOCCOCCNC(=O)CCN5C(=O)C=CC5=O)C(C)C)cc4)C[C@H]1C=N3)N=C[C@@H]1CC(c3ccc(C)cc3)=CN1C2=O. The minimum absolute atomic E-state index is 0.0106. The molecule has 0 bridgehead atoms. The second kappa shape index (κ2) is 32.8. The van der Waals surface area contributed by atoms with Gasteiger partial charge in [-0.05, 0) is 59.4 Å². The average Bonchev–Trinajstić information content (AvgIpc) is 1.68. The van der Waals surface area contributed by atoms with Crippen molar-refractivity contribution >= 4 is 87.8 Å². The molecule has 0 fully saturated rings. The molecule has 492 valence electrons. The van der Waals surface area contributed by atoms with Crippen LogP contribution < -0.4 is 34.9 Å². The normalized spacial score (nSPS) is 16.8. The number of Topliss-reactive ketones (excluding diaryl/α,β-unsaturated/α-hetero) is 1. The largest absolute Gasteiger partial charge is 0.493 e. The molecule has 24 heteroatoms. The molecule has 1 unspecified atom stereocenters. The van der Waals surface area contributed by atoms with Crippen LogP contribution in [-0.2, 0) is 47.7 Å². The van der Waals surface area contributed by atoms with Crippen molar-refractivity contribution in [1.82, 2.24) is 25.3 Å². The number of carbonyl (C=O) groups is 8. The van der Waals surface area contributed by atoms with Crippen LogP contribution in [-0.4, -0.2) is 186 Å². The molecular weight excluding hydrogens is 1200 g/mol. The van der Waals surface area contributed by atoms with Gasteiger partial charge in [-0.15, -0.1) is 0 Å². The molecule has 0 saturated heterocycles. The Morgan fingerprint density at radius 3 is 1.59 bits per heavy atom. The van der Waals surface area contributed by atoms with Crippen LogP contribution in [0.1, 0.15) is 96.7 Å². The van der Waals surface area contributed by atoms with Crippen LogP contribution in [0, 0.1) is 18.8 Å². The minimum atomic E-state index is -0.795. The number of aryl methyl sites for hydroxylation is 1. The molecule has 0 saturated carbocycles. The van der Waals surface area contributed by atoms with Gasteiger partial charge in [0.1, 0.15) is 0 Å². The fraction of sp³-hybridized carbons (Fsp3) is 0.420. The van der Waals surface area contributed by atoms with E-state index < -0.39 is 23.8 Å². The highest BCUT2D eigenvalue weighted by Crippen LogP contribution is 2.42. The number of hydrogen-bond acceptors (Lipinski definition) is 18. The number of nitrogens with zero attached hydrogens (tertiary/aromatic N) is 5. The predicted octanol–water partition coefficient (Wildman–Crippen LogP) is 7.37. The molecule has 5 aliphatic heterocycles. The lowest BCUT2D eigenvalue weighted by Gasteiger charge is -2.23. The number of imide groups is 1. The summed E-state index contributed by atoms with van der Waals surface area (Å²) in [4.78, 5) is 117. The lowest BCUT2D eigenvalue weighted by atomic mass is 9.92. The predicted molar refractivity (Wildman–Crippen MR) is 346 cm³/mol. The third-order valence-corrected chi connectivity index (χ3v) is 16.1. The number of nitrogens with one attached hydrogen (secondary N) is 3. The number of hydrogen-bond donors (Lipinski definition) is 3. The van der Waals surface area contributed by atoms with Crippen molar-refractivity contribution in [2.75, 3.05) is 98.7 Å². The van der Waals surface area contributed by atoms with Gasteiger partial charge >= 0.3 is 0 Å². The van der Waals surface area contributed by atoms with E-state index in [1.165, 1.54) is 31.9 Å². The first kappa shape index (κ1) is 68.0. The lowest BCUT2D eigenvalue weighted by Crippen LogP contribution is -2.45. The first-order chi connectivity index (χ1) is 45.0. The van der Waals surface area contributed by atoms with E-state index in [9.17, 15) is 38.4 Å². The van der Waals surface area contributed by atoms with Crippen molar-refractivity contribution in [3.05, 3.63) is 125 Å². The van der Waals surface area contributed by atoms with E-state index >= 15 is 0 Å². The summed E-state index contributed by atoms with van der Waals surface area (Å²) in [6.45, 7) is 10.4. The molecule has 93 heavy (non-hydrogen) atoms. The molecule has 5 heterocycles. The Bertz CT molecular complexity index is 3540. The minimum Gasteiger partial charge on any atom is -0.493 e. The van der Waals surface area contributed by atoms with E-state index in [-0.39, 0.29) is 125 Å². The van der Waals surface area contributed by atoms with Crippen LogP contribution in [0.2, 0.25) is 0 Å². The average molecular weight is 1280 g/mol. The van der Waals surface area contributed by atoms with Gasteiger partial charge in [0, 0.05) is 112 Å². The third kappa shape index (κ3) is 18.0. The van der Waals surface area contributed by atoms with Crippen LogP contribution in [0.25, 0.3) is 11.1 Å². The van der Waals surface area contributed by atoms with E-state index in [0.29, 0.717) is 96.9 Å². The van der Waals surface area contributed by atoms with Crippen LogP contribution in [0.15, 0.2) is 107 Å². The molecule has 4 aromatic rings. The first-order valence-electron chi connectivity index (χ1n) is 31.2. The second-order valence-corrected chi connectivity index (χ2v) is 23.2. The number of benzene rings is 4. The van der Waals surface area contributed by atoms with Crippen molar-refractivity contribution in [2.24, 2.45) is 21.8 Å². The maximum Gasteiger partial charge on any atom is 0.260 e. The maximum absolute atomic E-state index is 14.2. The van der Waals surface area contributed by atoms with Crippen LogP contribution in [0.4, 0.5) is 17.1 Å². The summed E-state index contributed by atoms with van der Waals surface area (Å²) < 4.78 is 45.7. The van der Waals surface area contributed by atoms with Gasteiger partial charge in [-0.2, -0.15) is 0 Å². The van der Waals surface area contributed by atoms with Crippen LogP contribution in [0.5, 0.6) is 23.0 Å². The smallest absolute Gasteiger partial charge is 0.260 e. The number of rotatable bonds is 35. The Kier molecular flexibility index (Phi) is 24.0. The van der Waals surface area contributed by atoms with Crippen molar-refractivity contribution < 1.29 is 76.3 Å². The van der Waals surface area contributed by atoms with Crippen molar-refractivity contribution in [3.8, 4) is 23.0 Å². The van der Waals surface area contributed by atoms with E-state index in [2.05, 4.69) is 40.2 Å². The molecule has 0 spiro atoms. The Balaban J connectivity index is 0.648. The van der Waals surface area contributed by atoms with Crippen molar-refractivity contribution in [1.29, 1.82) is 0 Å². The van der Waals surface area contributed by atoms with E-state index in [0.717, 1.165) is 27.2 Å². The Morgan fingerprint density at radius 1 is 0.591 bits per heavy atom. The maximum atomic E-state index is 14.2. The monoisotopic (exact) mass is 1280 g/mol. The summed E-state index contributed by atoms with van der Waals surface area (Å²) in [7, 11) is 3.04. The highest BCUT2D eigenvalue weighted by atomic mass is 16.6. The topological polar surface area (TPSA) is 281 Å². The zero-order valence-electron chi connectivity index (χ0n) is 53.3. The first-order valence-corrected chi connectivity index (χ1v) is 31.2. The quantitative estimate of drug-likeness (QED) is 0.0299. The zero-order chi connectivity index (χ0) is 66.0. The van der Waals surface area contributed by atoms with Gasteiger partial charge in [0.15, 0.2) is 28.8 Å². The number of anilines is 1. The number of methoxy groups -OCH3 is 2. The molecule has 24 nitrogen and oxygen atoms in total. The van der Waals surface area contributed by atoms with Gasteiger partial charge in [-0.25, -0.2) is 0 Å². The van der Waals surface area contributed by atoms with Gasteiger partial charge in [-0.1, -0.05) is 62.7 Å². The molecule has 9 rings (SSSR count). The summed E-state index contributed by atoms with van der Waals surface area (Å²) in [6.07, 6.45) is 11.2. The molecular formula is C69H80N8O16. The lowest BCUT2D eigenvalue weighted by molar-refractivity contribution is -0.137. The number of ether oxygens (including phenoxy) is 8. The number of ketones is 1. The standard InChI is InChI=1S/C69H80N8O16/c1-43(2)66(74-63(80)19-24-88-26-28-90-30-31-91-29-27-89-25-20-70-62(79)18-21-75-64(81)16-17-65(75)82)57(78)32-45(4)67(83)73-50-14-12-47(13-15-50)49-34-52-40-72-56-38-61(59(87-6)36-54(56)69(85)77(52)42-49)93-23-7-22-92-60-37-55-53(35-58(60)86-5)68(84)76-41-48(33-51(76)39-71-55)46-10-8-44(3)9-11-46/h8-17,35-43,45,51-52,66H,7,18-34H2,1-6H3,(H,70,79)(H,73,83)(H,74,80)/t45-,51+,52+,66?/m1/s1. The highest BCUT2D eigenvalue weighted by molar-refractivity contribution is 6.13. The second-order valence-electron chi connectivity index (χ2n) is 23.2. The van der Waals surface area contributed by atoms with E-state index in [1.54, 1.807) is 59.3 Å². The van der Waals surface area contributed by atoms with Crippen molar-refractivity contribution in [2.45, 2.75) is 84.3 Å². The fourth-order valence-electron chi connectivity index (χ4n) is 10.9. The molecule has 4 atom stereocenters. The molecule has 0 radical (unpaired) electrons. The van der Waals surface area contributed by atoms with Gasteiger partial charge in [0.25, 0.3) is 23.6 Å². The highest BCUT2D eigenvalue weighted by Gasteiger charge is 2.36. The van der Waals surface area contributed by atoms with Crippen LogP contribution in [0.3, 0.4) is 0 Å². The zero-order valence-corrected chi connectivity index (χ0v) is 53.3. The number of carbonyl (C=O) groups excluding carboxylic acids is 8. The molecule has 3 N–H and O–H groups in total. The number of fused-ring (bicyclic) bond motifs is 4. The third-order valence-electron chi connectivity index (χ3n) is 16.1. The van der Waals surface area contributed by atoms with E-state index in [1.807, 2.05) is 51.5 Å². The molecule has 7 amide bonds.